The summed E-state index contributed by atoms with van der Waals surface area (Å²) in [5, 5.41) is 3.50. The summed E-state index contributed by atoms with van der Waals surface area (Å²) in [5.74, 6) is 0.722. The van der Waals surface area contributed by atoms with Gasteiger partial charge in [0.05, 0.1) is 12.2 Å². The van der Waals surface area contributed by atoms with Crippen molar-refractivity contribution in [1.82, 2.24) is 5.32 Å². The molecule has 0 heterocycles. The van der Waals surface area contributed by atoms with Crippen LogP contribution in [0.4, 0.5) is 0 Å². The second-order valence-corrected chi connectivity index (χ2v) is 6.02. The largest absolute Gasteiger partial charge is 0.375 e. The Balaban J connectivity index is 2.30. The summed E-state index contributed by atoms with van der Waals surface area (Å²) in [6, 6.07) is 0.493. The smallest absolute Gasteiger partial charge is 0.0990 e. The van der Waals surface area contributed by atoms with Crippen LogP contribution in [0.15, 0.2) is 0 Å². The van der Waals surface area contributed by atoms with Crippen LogP contribution in [0, 0.1) is 5.92 Å². The van der Waals surface area contributed by atoms with Crippen LogP contribution in [0.5, 0.6) is 0 Å². The van der Waals surface area contributed by atoms with Crippen LogP contribution in [0.1, 0.15) is 66.2 Å². The van der Waals surface area contributed by atoms with E-state index in [1.807, 2.05) is 0 Å². The number of hydrogen-bond acceptors (Lipinski definition) is 3. The van der Waals surface area contributed by atoms with E-state index in [0.29, 0.717) is 12.1 Å². The molecule has 4 unspecified atom stereocenters. The van der Waals surface area contributed by atoms with Gasteiger partial charge in [-0.15, -0.1) is 0 Å². The van der Waals surface area contributed by atoms with E-state index in [2.05, 4.69) is 33.0 Å². The molecule has 1 aliphatic carbocycles. The fraction of sp³-hybridized carbons (Fsp3) is 1.00. The molecule has 3 nitrogen and oxygen atoms in total. The highest BCUT2D eigenvalue weighted by molar-refractivity contribution is 4.97. The fourth-order valence-corrected chi connectivity index (χ4v) is 2.84. The average molecular weight is 285 g/mol. The highest BCUT2D eigenvalue weighted by atomic mass is 16.5. The van der Waals surface area contributed by atoms with Gasteiger partial charge in [0.15, 0.2) is 0 Å². The third-order valence-electron chi connectivity index (χ3n) is 4.32. The van der Waals surface area contributed by atoms with Crippen molar-refractivity contribution < 1.29 is 9.47 Å². The molecule has 0 radical (unpaired) electrons. The maximum Gasteiger partial charge on any atom is 0.0990 e. The molecular formula is C17H35NO2. The van der Waals surface area contributed by atoms with Gasteiger partial charge in [-0.3, -0.25) is 0 Å². The van der Waals surface area contributed by atoms with E-state index in [-0.39, 0.29) is 6.10 Å². The van der Waals surface area contributed by atoms with Gasteiger partial charge in [0, 0.05) is 19.3 Å². The molecule has 120 valence electrons. The third-order valence-corrected chi connectivity index (χ3v) is 4.32. The van der Waals surface area contributed by atoms with Gasteiger partial charge in [-0.1, -0.05) is 47.0 Å². The molecule has 0 aromatic carbocycles. The third kappa shape index (κ3) is 5.71. The van der Waals surface area contributed by atoms with Crippen LogP contribution in [0.3, 0.4) is 0 Å². The highest BCUT2D eigenvalue weighted by Crippen LogP contribution is 2.28. The Bertz CT molecular complexity index is 235. The number of likely N-dealkylation sites (N-methyl/N-ethyl adjacent to an activating group) is 1. The maximum atomic E-state index is 6.15. The fourth-order valence-electron chi connectivity index (χ4n) is 2.84. The van der Waals surface area contributed by atoms with Crippen molar-refractivity contribution in [1.29, 1.82) is 0 Å². The first-order valence-corrected chi connectivity index (χ1v) is 8.73. The molecule has 0 aromatic rings. The van der Waals surface area contributed by atoms with Crippen LogP contribution in [-0.2, 0) is 9.47 Å². The zero-order valence-corrected chi connectivity index (χ0v) is 14.0. The van der Waals surface area contributed by atoms with E-state index >= 15 is 0 Å². The molecule has 20 heavy (non-hydrogen) atoms. The van der Waals surface area contributed by atoms with Crippen molar-refractivity contribution in [3.8, 4) is 0 Å². The van der Waals surface area contributed by atoms with Crippen molar-refractivity contribution in [3.05, 3.63) is 0 Å². The standard InChI is InChI=1S/C17H35NO2/c1-5-9-10-14(7-3)13-20-16-12-15(18-8-4)17(16)19-11-6-2/h14-18H,5-13H2,1-4H3. The number of unbranched alkanes of at least 4 members (excludes halogenated alkanes) is 1. The van der Waals surface area contributed by atoms with Crippen LogP contribution >= 0.6 is 0 Å². The van der Waals surface area contributed by atoms with Gasteiger partial charge in [-0.05, 0) is 31.7 Å². The Hall–Kier alpha value is -0.120. The van der Waals surface area contributed by atoms with Gasteiger partial charge in [-0.2, -0.15) is 0 Å². The summed E-state index contributed by atoms with van der Waals surface area (Å²) in [4.78, 5) is 0. The lowest BCUT2D eigenvalue weighted by molar-refractivity contribution is -0.152. The zero-order chi connectivity index (χ0) is 14.8. The van der Waals surface area contributed by atoms with Crippen LogP contribution in [0.25, 0.3) is 0 Å². The van der Waals surface area contributed by atoms with Gasteiger partial charge in [0.2, 0.25) is 0 Å². The lowest BCUT2D eigenvalue weighted by Gasteiger charge is -2.44. The Morgan fingerprint density at radius 3 is 2.50 bits per heavy atom. The molecule has 1 fully saturated rings. The summed E-state index contributed by atoms with van der Waals surface area (Å²) in [5.41, 5.74) is 0. The Kier molecular flexibility index (Phi) is 9.49. The molecule has 0 bridgehead atoms. The minimum Gasteiger partial charge on any atom is -0.375 e. The predicted molar refractivity (Wildman–Crippen MR) is 85.2 cm³/mol. The molecule has 0 aromatic heterocycles. The zero-order valence-electron chi connectivity index (χ0n) is 14.0. The highest BCUT2D eigenvalue weighted by Gasteiger charge is 2.42. The van der Waals surface area contributed by atoms with Gasteiger partial charge in [0.25, 0.3) is 0 Å². The number of rotatable bonds is 12. The predicted octanol–water partition coefficient (Wildman–Crippen LogP) is 3.77. The van der Waals surface area contributed by atoms with E-state index in [9.17, 15) is 0 Å². The minimum atomic E-state index is 0.263. The first-order chi connectivity index (χ1) is 9.76. The topological polar surface area (TPSA) is 30.5 Å². The first-order valence-electron chi connectivity index (χ1n) is 8.73. The summed E-state index contributed by atoms with van der Waals surface area (Å²) in [7, 11) is 0. The molecule has 1 N–H and O–H groups in total. The first kappa shape index (κ1) is 17.9. The lowest BCUT2D eigenvalue weighted by Crippen LogP contribution is -2.60. The summed E-state index contributed by atoms with van der Waals surface area (Å²) in [6.45, 7) is 11.6. The summed E-state index contributed by atoms with van der Waals surface area (Å²) < 4.78 is 12.1. The van der Waals surface area contributed by atoms with E-state index in [4.69, 9.17) is 9.47 Å². The SMILES string of the molecule is CCCCC(CC)COC1CC(NCC)C1OCCC. The maximum absolute atomic E-state index is 6.15. The minimum absolute atomic E-state index is 0.263. The Morgan fingerprint density at radius 2 is 1.90 bits per heavy atom. The molecule has 0 saturated heterocycles. The van der Waals surface area contributed by atoms with Gasteiger partial charge < -0.3 is 14.8 Å². The van der Waals surface area contributed by atoms with Crippen molar-refractivity contribution in [2.24, 2.45) is 5.92 Å². The molecule has 3 heteroatoms. The monoisotopic (exact) mass is 285 g/mol. The normalized spacial score (nSPS) is 27.3. The van der Waals surface area contributed by atoms with Gasteiger partial charge in [-0.25, -0.2) is 0 Å². The molecule has 1 rings (SSSR count). The number of hydrogen-bond donors (Lipinski definition) is 1. The van der Waals surface area contributed by atoms with Crippen LogP contribution in [-0.4, -0.2) is 38.0 Å². The lowest BCUT2D eigenvalue weighted by atomic mass is 9.85. The molecule has 1 saturated carbocycles. The summed E-state index contributed by atoms with van der Waals surface area (Å²) >= 11 is 0. The molecule has 1 aliphatic rings. The van der Waals surface area contributed by atoms with Crippen molar-refractivity contribution >= 4 is 0 Å². The van der Waals surface area contributed by atoms with Gasteiger partial charge >= 0.3 is 0 Å². The molecule has 0 aliphatic heterocycles. The van der Waals surface area contributed by atoms with E-state index in [1.54, 1.807) is 0 Å². The number of nitrogens with one attached hydrogen (secondary N) is 1. The molecule has 0 amide bonds. The molecule has 0 spiro atoms. The summed E-state index contributed by atoms with van der Waals surface area (Å²) in [6.07, 6.45) is 7.89. The average Bonchev–Trinajstić information content (AvgIpc) is 2.45. The van der Waals surface area contributed by atoms with E-state index in [0.717, 1.165) is 38.5 Å². The van der Waals surface area contributed by atoms with Crippen molar-refractivity contribution in [3.63, 3.8) is 0 Å². The quantitative estimate of drug-likeness (QED) is 0.592. The van der Waals surface area contributed by atoms with Crippen molar-refractivity contribution in [2.45, 2.75) is 84.5 Å². The molecule has 4 atom stereocenters. The molecular weight excluding hydrogens is 250 g/mol. The van der Waals surface area contributed by atoms with Crippen LogP contribution in [0.2, 0.25) is 0 Å². The van der Waals surface area contributed by atoms with E-state index in [1.165, 1.54) is 25.7 Å². The number of ether oxygens (including phenoxy) is 2. The van der Waals surface area contributed by atoms with Crippen LogP contribution < -0.4 is 5.32 Å². The second-order valence-electron chi connectivity index (χ2n) is 6.02. The second kappa shape index (κ2) is 10.6. The Morgan fingerprint density at radius 1 is 1.10 bits per heavy atom. The Labute approximate surface area is 125 Å². The van der Waals surface area contributed by atoms with Gasteiger partial charge in [0.1, 0.15) is 0 Å². The van der Waals surface area contributed by atoms with Crippen molar-refractivity contribution in [2.75, 3.05) is 19.8 Å². The van der Waals surface area contributed by atoms with E-state index < -0.39 is 0 Å².